The van der Waals surface area contributed by atoms with E-state index in [0.717, 1.165) is 11.1 Å². The van der Waals surface area contributed by atoms with Gasteiger partial charge in [0.2, 0.25) is 5.91 Å². The van der Waals surface area contributed by atoms with Crippen LogP contribution in [0.25, 0.3) is 5.57 Å². The number of amides is 3. The van der Waals surface area contributed by atoms with Crippen molar-refractivity contribution in [1.82, 2.24) is 0 Å². The second kappa shape index (κ2) is 8.51. The zero-order chi connectivity index (χ0) is 22.8. The summed E-state index contributed by atoms with van der Waals surface area (Å²) in [6.45, 7) is 5.32. The molecule has 160 valence electrons. The van der Waals surface area contributed by atoms with Crippen molar-refractivity contribution in [3.05, 3.63) is 95.2 Å². The topological polar surface area (TPSA) is 78.5 Å². The minimum atomic E-state index is -0.415. The van der Waals surface area contributed by atoms with Crippen molar-refractivity contribution in [2.45, 2.75) is 20.8 Å². The summed E-state index contributed by atoms with van der Waals surface area (Å²) >= 11 is 0. The summed E-state index contributed by atoms with van der Waals surface area (Å²) in [6, 6.07) is 21.8. The van der Waals surface area contributed by atoms with Gasteiger partial charge in [-0.15, -0.1) is 0 Å². The molecule has 0 radical (unpaired) electrons. The fourth-order valence-electron chi connectivity index (χ4n) is 3.62. The van der Waals surface area contributed by atoms with Crippen LogP contribution in [-0.2, 0) is 14.4 Å². The number of nitrogens with zero attached hydrogens (tertiary/aromatic N) is 1. The lowest BCUT2D eigenvalue weighted by Gasteiger charge is -2.16. The summed E-state index contributed by atoms with van der Waals surface area (Å²) in [4.78, 5) is 39.3. The molecule has 3 amide bonds. The van der Waals surface area contributed by atoms with E-state index in [4.69, 9.17) is 0 Å². The highest BCUT2D eigenvalue weighted by atomic mass is 16.2. The van der Waals surface area contributed by atoms with E-state index in [0.29, 0.717) is 28.2 Å². The molecule has 0 aliphatic carbocycles. The van der Waals surface area contributed by atoms with Crippen molar-refractivity contribution in [3.8, 4) is 0 Å². The van der Waals surface area contributed by atoms with Gasteiger partial charge in [0.15, 0.2) is 0 Å². The van der Waals surface area contributed by atoms with Gasteiger partial charge in [0.1, 0.15) is 5.70 Å². The normalized spacial score (nSPS) is 13.5. The quantitative estimate of drug-likeness (QED) is 0.583. The van der Waals surface area contributed by atoms with Gasteiger partial charge in [-0.25, -0.2) is 4.90 Å². The Morgan fingerprint density at radius 1 is 0.781 bits per heavy atom. The van der Waals surface area contributed by atoms with Crippen LogP contribution in [-0.4, -0.2) is 17.7 Å². The van der Waals surface area contributed by atoms with Crippen LogP contribution in [0.15, 0.2) is 78.5 Å². The molecular weight excluding hydrogens is 402 g/mol. The molecular formula is C26H23N3O3. The van der Waals surface area contributed by atoms with Crippen LogP contribution in [0.4, 0.5) is 17.1 Å². The Morgan fingerprint density at radius 3 is 2.06 bits per heavy atom. The van der Waals surface area contributed by atoms with E-state index in [1.165, 1.54) is 11.8 Å². The average molecular weight is 425 g/mol. The number of anilines is 3. The first-order valence-corrected chi connectivity index (χ1v) is 10.2. The predicted octanol–water partition coefficient (Wildman–Crippen LogP) is 4.66. The molecule has 1 aliphatic rings. The number of hydrogen-bond donors (Lipinski definition) is 2. The van der Waals surface area contributed by atoms with Gasteiger partial charge in [0.05, 0.1) is 11.3 Å². The predicted molar refractivity (Wildman–Crippen MR) is 126 cm³/mol. The van der Waals surface area contributed by atoms with Crippen LogP contribution in [0.1, 0.15) is 23.6 Å². The summed E-state index contributed by atoms with van der Waals surface area (Å²) in [6.07, 6.45) is 0. The monoisotopic (exact) mass is 425 g/mol. The maximum absolute atomic E-state index is 13.4. The zero-order valence-corrected chi connectivity index (χ0v) is 18.1. The largest absolute Gasteiger partial charge is 0.350 e. The molecule has 6 heteroatoms. The molecule has 0 fully saturated rings. The fraction of sp³-hybridized carbons (Fsp3) is 0.115. The summed E-state index contributed by atoms with van der Waals surface area (Å²) in [7, 11) is 0. The first-order chi connectivity index (χ1) is 15.3. The molecule has 3 aromatic carbocycles. The second-order valence-corrected chi connectivity index (χ2v) is 7.78. The fourth-order valence-corrected chi connectivity index (χ4v) is 3.62. The third-order valence-corrected chi connectivity index (χ3v) is 5.16. The van der Waals surface area contributed by atoms with Crippen molar-refractivity contribution in [1.29, 1.82) is 0 Å². The maximum Gasteiger partial charge on any atom is 0.282 e. The number of carbonyl (C=O) groups excluding carboxylic acids is 3. The summed E-state index contributed by atoms with van der Waals surface area (Å²) < 4.78 is 0. The summed E-state index contributed by atoms with van der Waals surface area (Å²) in [5, 5.41) is 5.84. The Kier molecular flexibility index (Phi) is 5.60. The van der Waals surface area contributed by atoms with E-state index in [1.54, 1.807) is 30.3 Å². The smallest absolute Gasteiger partial charge is 0.282 e. The molecule has 0 saturated carbocycles. The maximum atomic E-state index is 13.4. The van der Waals surface area contributed by atoms with Crippen molar-refractivity contribution < 1.29 is 14.4 Å². The van der Waals surface area contributed by atoms with Gasteiger partial charge in [0.25, 0.3) is 11.8 Å². The van der Waals surface area contributed by atoms with Crippen LogP contribution >= 0.6 is 0 Å². The van der Waals surface area contributed by atoms with Crippen LogP contribution < -0.4 is 15.5 Å². The van der Waals surface area contributed by atoms with Crippen LogP contribution in [0, 0.1) is 13.8 Å². The molecule has 0 unspecified atom stereocenters. The SMILES string of the molecule is CC(=O)Nc1ccc(NC2=C(c3ccc(C)cc3)C(=O)N(c3cccc(C)c3)C2=O)cc1. The Bertz CT molecular complexity index is 1240. The summed E-state index contributed by atoms with van der Waals surface area (Å²) in [5.41, 5.74) is 5.02. The van der Waals surface area contributed by atoms with E-state index in [1.807, 2.05) is 56.3 Å². The number of benzene rings is 3. The van der Waals surface area contributed by atoms with Gasteiger partial charge >= 0.3 is 0 Å². The molecule has 0 saturated heterocycles. The number of aryl methyl sites for hydroxylation is 2. The highest BCUT2D eigenvalue weighted by Crippen LogP contribution is 2.34. The van der Waals surface area contributed by atoms with Gasteiger partial charge in [0, 0.05) is 18.3 Å². The van der Waals surface area contributed by atoms with E-state index >= 15 is 0 Å². The first kappa shape index (κ1) is 21.1. The number of rotatable bonds is 5. The van der Waals surface area contributed by atoms with Gasteiger partial charge in [-0.3, -0.25) is 14.4 Å². The second-order valence-electron chi connectivity index (χ2n) is 7.78. The zero-order valence-electron chi connectivity index (χ0n) is 18.1. The van der Waals surface area contributed by atoms with E-state index in [9.17, 15) is 14.4 Å². The van der Waals surface area contributed by atoms with Crippen molar-refractivity contribution in [2.24, 2.45) is 0 Å². The first-order valence-electron chi connectivity index (χ1n) is 10.2. The molecule has 0 spiro atoms. The molecule has 0 atom stereocenters. The molecule has 1 aliphatic heterocycles. The van der Waals surface area contributed by atoms with Crippen molar-refractivity contribution >= 4 is 40.4 Å². The van der Waals surface area contributed by atoms with Gasteiger partial charge in [-0.05, 0) is 61.4 Å². The van der Waals surface area contributed by atoms with Gasteiger partial charge < -0.3 is 10.6 Å². The van der Waals surface area contributed by atoms with E-state index in [2.05, 4.69) is 10.6 Å². The Balaban J connectivity index is 1.75. The Morgan fingerprint density at radius 2 is 1.44 bits per heavy atom. The summed E-state index contributed by atoms with van der Waals surface area (Å²) in [5.74, 6) is -0.954. The molecule has 3 aromatic rings. The standard InChI is InChI=1S/C26H23N3O3/c1-16-7-9-19(10-8-16)23-24(28-21-13-11-20(12-14-21)27-18(3)30)26(32)29(25(23)31)22-6-4-5-17(2)15-22/h4-15,28H,1-3H3,(H,27,30). The van der Waals surface area contributed by atoms with Crippen molar-refractivity contribution in [2.75, 3.05) is 15.5 Å². The molecule has 4 rings (SSSR count). The van der Waals surface area contributed by atoms with Crippen LogP contribution in [0.3, 0.4) is 0 Å². The third kappa shape index (κ3) is 4.16. The Hall–Kier alpha value is -4.19. The lowest BCUT2D eigenvalue weighted by molar-refractivity contribution is -0.120. The number of nitrogens with one attached hydrogen (secondary N) is 2. The van der Waals surface area contributed by atoms with Gasteiger partial charge in [-0.2, -0.15) is 0 Å². The Labute approximate surface area is 186 Å². The number of carbonyl (C=O) groups is 3. The lowest BCUT2D eigenvalue weighted by Crippen LogP contribution is -2.32. The van der Waals surface area contributed by atoms with Crippen LogP contribution in [0.5, 0.6) is 0 Å². The van der Waals surface area contributed by atoms with Crippen molar-refractivity contribution in [3.63, 3.8) is 0 Å². The lowest BCUT2D eigenvalue weighted by atomic mass is 10.0. The molecule has 32 heavy (non-hydrogen) atoms. The van der Waals surface area contributed by atoms with E-state index < -0.39 is 5.91 Å². The number of hydrogen-bond acceptors (Lipinski definition) is 4. The van der Waals surface area contributed by atoms with E-state index in [-0.39, 0.29) is 17.5 Å². The highest BCUT2D eigenvalue weighted by molar-refractivity contribution is 6.46. The molecule has 0 bridgehead atoms. The van der Waals surface area contributed by atoms with Gasteiger partial charge in [-0.1, -0.05) is 42.0 Å². The highest BCUT2D eigenvalue weighted by Gasteiger charge is 2.40. The molecule has 1 heterocycles. The third-order valence-electron chi connectivity index (χ3n) is 5.16. The molecule has 0 aromatic heterocycles. The molecule has 2 N–H and O–H groups in total. The molecule has 6 nitrogen and oxygen atoms in total. The van der Waals surface area contributed by atoms with Crippen LogP contribution in [0.2, 0.25) is 0 Å². The minimum Gasteiger partial charge on any atom is -0.350 e. The number of imide groups is 1. The average Bonchev–Trinajstić information content (AvgIpc) is 2.99. The minimum absolute atomic E-state index is 0.166.